The van der Waals surface area contributed by atoms with E-state index in [1.165, 1.54) is 11.1 Å². The van der Waals surface area contributed by atoms with Crippen LogP contribution in [0.25, 0.3) is 0 Å². The SMILES string of the molecule is CCCOc1ccccc1C(=O)NC[C@H](c1ccc(C(C)(C)C)cc1)N(C)C. The highest BCUT2D eigenvalue weighted by Crippen LogP contribution is 2.25. The van der Waals surface area contributed by atoms with Gasteiger partial charge in [-0.15, -0.1) is 0 Å². The number of hydrogen-bond donors (Lipinski definition) is 1. The molecule has 2 aromatic rings. The molecule has 0 fully saturated rings. The van der Waals surface area contributed by atoms with E-state index in [0.29, 0.717) is 24.5 Å². The Labute approximate surface area is 169 Å². The monoisotopic (exact) mass is 382 g/mol. The molecular weight excluding hydrogens is 348 g/mol. The van der Waals surface area contributed by atoms with Gasteiger partial charge in [0.1, 0.15) is 5.75 Å². The summed E-state index contributed by atoms with van der Waals surface area (Å²) in [4.78, 5) is 14.9. The van der Waals surface area contributed by atoms with Crippen molar-refractivity contribution < 1.29 is 9.53 Å². The molecule has 0 aliphatic heterocycles. The van der Waals surface area contributed by atoms with Crippen LogP contribution >= 0.6 is 0 Å². The number of nitrogens with one attached hydrogen (secondary N) is 1. The minimum absolute atomic E-state index is 0.0988. The molecular formula is C24H34N2O2. The maximum absolute atomic E-state index is 12.8. The molecule has 0 spiro atoms. The molecule has 0 radical (unpaired) electrons. The summed E-state index contributed by atoms with van der Waals surface area (Å²) in [6.45, 7) is 9.82. The second kappa shape index (κ2) is 9.74. The van der Waals surface area contributed by atoms with Crippen LogP contribution in [0.2, 0.25) is 0 Å². The van der Waals surface area contributed by atoms with Gasteiger partial charge in [-0.1, -0.05) is 64.1 Å². The van der Waals surface area contributed by atoms with E-state index >= 15 is 0 Å². The lowest BCUT2D eigenvalue weighted by Crippen LogP contribution is -2.34. The van der Waals surface area contributed by atoms with Crippen LogP contribution in [0.1, 0.15) is 61.6 Å². The van der Waals surface area contributed by atoms with E-state index in [1.807, 2.05) is 38.4 Å². The molecule has 152 valence electrons. The Hall–Kier alpha value is -2.33. The quantitative estimate of drug-likeness (QED) is 0.713. The molecule has 1 atom stereocenters. The van der Waals surface area contributed by atoms with Gasteiger partial charge in [-0.2, -0.15) is 0 Å². The predicted octanol–water partition coefficient (Wildman–Crippen LogP) is 4.81. The minimum Gasteiger partial charge on any atom is -0.493 e. The number of amides is 1. The molecule has 0 aliphatic carbocycles. The highest BCUT2D eigenvalue weighted by atomic mass is 16.5. The average molecular weight is 383 g/mol. The molecule has 0 aliphatic rings. The van der Waals surface area contributed by atoms with E-state index < -0.39 is 0 Å². The van der Waals surface area contributed by atoms with Crippen LogP contribution in [-0.2, 0) is 5.41 Å². The molecule has 0 aromatic heterocycles. The van der Waals surface area contributed by atoms with Crippen LogP contribution in [0, 0.1) is 0 Å². The number of ether oxygens (including phenoxy) is 1. The lowest BCUT2D eigenvalue weighted by atomic mass is 9.86. The summed E-state index contributed by atoms with van der Waals surface area (Å²) in [6, 6.07) is 16.2. The predicted molar refractivity (Wildman–Crippen MR) is 116 cm³/mol. The number of rotatable bonds is 8. The number of hydrogen-bond acceptors (Lipinski definition) is 3. The minimum atomic E-state index is -0.107. The second-order valence-corrected chi connectivity index (χ2v) is 8.41. The van der Waals surface area contributed by atoms with Gasteiger partial charge in [0.2, 0.25) is 0 Å². The second-order valence-electron chi connectivity index (χ2n) is 8.41. The summed E-state index contributed by atoms with van der Waals surface area (Å²) in [6.07, 6.45) is 0.906. The van der Waals surface area contributed by atoms with E-state index in [0.717, 1.165) is 6.42 Å². The molecule has 28 heavy (non-hydrogen) atoms. The van der Waals surface area contributed by atoms with Crippen molar-refractivity contribution in [3.63, 3.8) is 0 Å². The van der Waals surface area contributed by atoms with Crippen molar-refractivity contribution in [2.75, 3.05) is 27.2 Å². The van der Waals surface area contributed by atoms with Gasteiger partial charge >= 0.3 is 0 Å². The van der Waals surface area contributed by atoms with Crippen LogP contribution in [-0.4, -0.2) is 38.1 Å². The van der Waals surface area contributed by atoms with E-state index in [1.54, 1.807) is 0 Å². The van der Waals surface area contributed by atoms with Gasteiger partial charge in [0.15, 0.2) is 0 Å². The average Bonchev–Trinajstić information content (AvgIpc) is 2.66. The first kappa shape index (κ1) is 22.0. The highest BCUT2D eigenvalue weighted by molar-refractivity contribution is 5.96. The molecule has 0 saturated carbocycles. The maximum atomic E-state index is 12.8. The van der Waals surface area contributed by atoms with Crippen molar-refractivity contribution in [2.24, 2.45) is 0 Å². The van der Waals surface area contributed by atoms with Crippen LogP contribution in [0.4, 0.5) is 0 Å². The maximum Gasteiger partial charge on any atom is 0.255 e. The third-order valence-corrected chi connectivity index (χ3v) is 4.83. The summed E-state index contributed by atoms with van der Waals surface area (Å²) in [7, 11) is 4.07. The number of carbonyl (C=O) groups is 1. The third kappa shape index (κ3) is 5.83. The first-order chi connectivity index (χ1) is 13.2. The van der Waals surface area contributed by atoms with Crippen molar-refractivity contribution in [3.05, 3.63) is 65.2 Å². The lowest BCUT2D eigenvalue weighted by molar-refractivity contribution is 0.0938. The fraction of sp³-hybridized carbons (Fsp3) is 0.458. The van der Waals surface area contributed by atoms with E-state index in [-0.39, 0.29) is 17.4 Å². The number of para-hydroxylation sites is 1. The Morgan fingerprint density at radius 3 is 2.29 bits per heavy atom. The number of benzene rings is 2. The van der Waals surface area contributed by atoms with Crippen LogP contribution in [0.3, 0.4) is 0 Å². The lowest BCUT2D eigenvalue weighted by Gasteiger charge is -2.26. The van der Waals surface area contributed by atoms with Gasteiger partial charge in [0.05, 0.1) is 18.2 Å². The number of likely N-dealkylation sites (N-methyl/N-ethyl adjacent to an activating group) is 1. The molecule has 1 N–H and O–H groups in total. The Morgan fingerprint density at radius 2 is 1.71 bits per heavy atom. The molecule has 1 amide bonds. The highest BCUT2D eigenvalue weighted by Gasteiger charge is 2.19. The first-order valence-electron chi connectivity index (χ1n) is 10.0. The van der Waals surface area contributed by atoms with Gasteiger partial charge in [-0.3, -0.25) is 4.79 Å². The van der Waals surface area contributed by atoms with Crippen molar-refractivity contribution >= 4 is 5.91 Å². The molecule has 4 heteroatoms. The number of nitrogens with zero attached hydrogens (tertiary/aromatic N) is 1. The molecule has 0 saturated heterocycles. The van der Waals surface area contributed by atoms with Gasteiger partial charge in [-0.05, 0) is 49.2 Å². The van der Waals surface area contributed by atoms with Crippen molar-refractivity contribution in [1.82, 2.24) is 10.2 Å². The molecule has 2 rings (SSSR count). The largest absolute Gasteiger partial charge is 0.493 e. The summed E-state index contributed by atoms with van der Waals surface area (Å²) in [5.74, 6) is 0.530. The van der Waals surface area contributed by atoms with Crippen LogP contribution in [0.5, 0.6) is 5.75 Å². The summed E-state index contributed by atoms with van der Waals surface area (Å²) in [5, 5.41) is 3.08. The van der Waals surface area contributed by atoms with E-state index in [2.05, 4.69) is 62.2 Å². The third-order valence-electron chi connectivity index (χ3n) is 4.83. The normalized spacial score (nSPS) is 12.7. The smallest absolute Gasteiger partial charge is 0.255 e. The standard InChI is InChI=1S/C24H34N2O2/c1-7-16-28-22-11-9-8-10-20(22)23(27)25-17-21(26(5)6)18-12-14-19(15-13-18)24(2,3)4/h8-15,21H,7,16-17H2,1-6H3,(H,25,27)/t21-/m1/s1. The molecule has 0 bridgehead atoms. The summed E-state index contributed by atoms with van der Waals surface area (Å²) in [5.41, 5.74) is 3.20. The Morgan fingerprint density at radius 1 is 1.07 bits per heavy atom. The number of carbonyl (C=O) groups excluding carboxylic acids is 1. The Bertz CT molecular complexity index is 761. The fourth-order valence-electron chi connectivity index (χ4n) is 3.08. The van der Waals surface area contributed by atoms with Crippen LogP contribution < -0.4 is 10.1 Å². The fourth-order valence-corrected chi connectivity index (χ4v) is 3.08. The van der Waals surface area contributed by atoms with E-state index in [9.17, 15) is 4.79 Å². The Kier molecular flexibility index (Phi) is 7.64. The van der Waals surface area contributed by atoms with E-state index in [4.69, 9.17) is 4.74 Å². The zero-order chi connectivity index (χ0) is 20.7. The van der Waals surface area contributed by atoms with Crippen LogP contribution in [0.15, 0.2) is 48.5 Å². The molecule has 2 aromatic carbocycles. The zero-order valence-electron chi connectivity index (χ0n) is 18.1. The summed E-state index contributed by atoms with van der Waals surface area (Å²) >= 11 is 0. The topological polar surface area (TPSA) is 41.6 Å². The van der Waals surface area contributed by atoms with Crippen molar-refractivity contribution in [1.29, 1.82) is 0 Å². The molecule has 0 unspecified atom stereocenters. The molecule has 4 nitrogen and oxygen atoms in total. The summed E-state index contributed by atoms with van der Waals surface area (Å²) < 4.78 is 5.72. The van der Waals surface area contributed by atoms with Gasteiger partial charge in [0, 0.05) is 6.54 Å². The first-order valence-corrected chi connectivity index (χ1v) is 10.0. The van der Waals surface area contributed by atoms with Gasteiger partial charge in [-0.25, -0.2) is 0 Å². The van der Waals surface area contributed by atoms with Crippen molar-refractivity contribution in [2.45, 2.75) is 45.6 Å². The van der Waals surface area contributed by atoms with Crippen molar-refractivity contribution in [3.8, 4) is 5.75 Å². The molecule has 0 heterocycles. The van der Waals surface area contributed by atoms with Gasteiger partial charge in [0.25, 0.3) is 5.91 Å². The van der Waals surface area contributed by atoms with Gasteiger partial charge < -0.3 is 15.0 Å². The Balaban J connectivity index is 2.11. The zero-order valence-corrected chi connectivity index (χ0v) is 18.1.